The van der Waals surface area contributed by atoms with E-state index in [1.807, 2.05) is 6.92 Å². The van der Waals surface area contributed by atoms with Gasteiger partial charge in [0.25, 0.3) is 5.56 Å². The van der Waals surface area contributed by atoms with Gasteiger partial charge in [-0.25, -0.2) is 9.78 Å². The zero-order valence-corrected chi connectivity index (χ0v) is 15.0. The Morgan fingerprint density at radius 3 is 2.85 bits per heavy atom. The Bertz CT molecular complexity index is 1050. The highest BCUT2D eigenvalue weighted by Crippen LogP contribution is 2.13. The smallest absolute Gasteiger partial charge is 0.338 e. The van der Waals surface area contributed by atoms with E-state index in [-0.39, 0.29) is 18.1 Å². The summed E-state index contributed by atoms with van der Waals surface area (Å²) in [6.07, 6.45) is 1.15. The fourth-order valence-electron chi connectivity index (χ4n) is 2.54. The second kappa shape index (κ2) is 7.86. The van der Waals surface area contributed by atoms with Crippen molar-refractivity contribution in [3.8, 4) is 0 Å². The van der Waals surface area contributed by atoms with Gasteiger partial charge >= 0.3 is 5.97 Å². The molecule has 0 aliphatic heterocycles. The molecule has 0 aliphatic rings. The number of anilines is 1. The summed E-state index contributed by atoms with van der Waals surface area (Å²) in [4.78, 5) is 40.2. The van der Waals surface area contributed by atoms with E-state index in [9.17, 15) is 14.4 Å². The topological polar surface area (TPSA) is 103 Å². The SMILES string of the molecule is CCCC(=O)Nc1cccc(C(=O)OCc2cc(=O)n3oc(C)cc3n2)c1. The fraction of sp³-hybridized carbons (Fsp3) is 0.263. The predicted molar refractivity (Wildman–Crippen MR) is 97.6 cm³/mol. The van der Waals surface area contributed by atoms with Crippen molar-refractivity contribution in [1.82, 2.24) is 9.56 Å². The molecule has 27 heavy (non-hydrogen) atoms. The van der Waals surface area contributed by atoms with Gasteiger partial charge in [0.1, 0.15) is 12.4 Å². The van der Waals surface area contributed by atoms with E-state index in [0.717, 1.165) is 11.0 Å². The summed E-state index contributed by atoms with van der Waals surface area (Å²) in [5.41, 5.74) is 1.10. The monoisotopic (exact) mass is 369 g/mol. The van der Waals surface area contributed by atoms with Gasteiger partial charge in [-0.05, 0) is 31.5 Å². The summed E-state index contributed by atoms with van der Waals surface area (Å²) in [5.74, 6) is -0.140. The van der Waals surface area contributed by atoms with Crippen LogP contribution < -0.4 is 10.9 Å². The van der Waals surface area contributed by atoms with E-state index < -0.39 is 5.97 Å². The summed E-state index contributed by atoms with van der Waals surface area (Å²) in [5, 5.41) is 2.73. The van der Waals surface area contributed by atoms with Crippen LogP contribution in [0.25, 0.3) is 5.65 Å². The minimum atomic E-state index is -0.577. The number of nitrogens with zero attached hydrogens (tertiary/aromatic N) is 2. The van der Waals surface area contributed by atoms with Crippen LogP contribution in [0.2, 0.25) is 0 Å². The molecule has 2 aromatic heterocycles. The number of aromatic nitrogens is 2. The Morgan fingerprint density at radius 1 is 1.26 bits per heavy atom. The lowest BCUT2D eigenvalue weighted by Crippen LogP contribution is -2.15. The molecule has 3 aromatic rings. The molecule has 1 amide bonds. The van der Waals surface area contributed by atoms with E-state index in [0.29, 0.717) is 34.8 Å². The highest BCUT2D eigenvalue weighted by molar-refractivity contribution is 5.94. The van der Waals surface area contributed by atoms with Crippen molar-refractivity contribution in [2.45, 2.75) is 33.3 Å². The molecule has 140 valence electrons. The van der Waals surface area contributed by atoms with Crippen molar-refractivity contribution in [3.63, 3.8) is 0 Å². The fourth-order valence-corrected chi connectivity index (χ4v) is 2.54. The number of ether oxygens (including phenoxy) is 1. The lowest BCUT2D eigenvalue weighted by molar-refractivity contribution is -0.116. The maximum atomic E-state index is 12.3. The van der Waals surface area contributed by atoms with Crippen molar-refractivity contribution in [2.24, 2.45) is 0 Å². The number of amides is 1. The Hall–Kier alpha value is -3.42. The van der Waals surface area contributed by atoms with E-state index in [2.05, 4.69) is 10.3 Å². The first-order valence-corrected chi connectivity index (χ1v) is 8.53. The van der Waals surface area contributed by atoms with Crippen LogP contribution in [0.3, 0.4) is 0 Å². The maximum absolute atomic E-state index is 12.3. The molecule has 0 atom stereocenters. The van der Waals surface area contributed by atoms with Crippen LogP contribution in [-0.4, -0.2) is 21.4 Å². The lowest BCUT2D eigenvalue weighted by Gasteiger charge is -2.07. The molecule has 0 saturated heterocycles. The number of aryl methyl sites for hydroxylation is 1. The molecular formula is C19H19N3O5. The summed E-state index contributed by atoms with van der Waals surface area (Å²) < 4.78 is 11.5. The van der Waals surface area contributed by atoms with Crippen LogP contribution in [0.4, 0.5) is 5.69 Å². The number of rotatable bonds is 6. The normalized spacial score (nSPS) is 10.7. The number of fused-ring (bicyclic) bond motifs is 1. The molecule has 0 spiro atoms. The third kappa shape index (κ3) is 4.41. The molecule has 0 saturated carbocycles. The average Bonchev–Trinajstić information content (AvgIpc) is 3.01. The number of esters is 1. The Labute approximate surface area is 154 Å². The largest absolute Gasteiger partial charge is 0.456 e. The molecule has 0 aliphatic carbocycles. The zero-order chi connectivity index (χ0) is 19.4. The second-order valence-electron chi connectivity index (χ2n) is 6.04. The number of benzene rings is 1. The van der Waals surface area contributed by atoms with Gasteiger partial charge in [0.2, 0.25) is 5.91 Å². The predicted octanol–water partition coefficient (Wildman–Crippen LogP) is 2.69. The standard InChI is InChI=1S/C19H19N3O5/c1-3-5-17(23)21-14-7-4-6-13(9-14)19(25)26-11-15-10-18(24)22-16(20-15)8-12(2)27-22/h4,6-10H,3,5,11H2,1-2H3,(H,21,23). The van der Waals surface area contributed by atoms with Crippen LogP contribution in [-0.2, 0) is 16.1 Å². The molecule has 0 bridgehead atoms. The second-order valence-corrected chi connectivity index (χ2v) is 6.04. The van der Waals surface area contributed by atoms with Gasteiger partial charge in [-0.2, -0.15) is 0 Å². The minimum Gasteiger partial charge on any atom is -0.456 e. The van der Waals surface area contributed by atoms with Gasteiger partial charge in [0.15, 0.2) is 5.65 Å². The molecule has 0 radical (unpaired) electrons. The molecule has 1 N–H and O–H groups in total. The minimum absolute atomic E-state index is 0.114. The van der Waals surface area contributed by atoms with E-state index in [4.69, 9.17) is 9.26 Å². The summed E-state index contributed by atoms with van der Waals surface area (Å²) in [6, 6.07) is 9.36. The van der Waals surface area contributed by atoms with E-state index in [1.54, 1.807) is 37.3 Å². The molecule has 0 fully saturated rings. The maximum Gasteiger partial charge on any atom is 0.338 e. The summed E-state index contributed by atoms with van der Waals surface area (Å²) >= 11 is 0. The number of carbonyl (C=O) groups is 2. The zero-order valence-electron chi connectivity index (χ0n) is 15.0. The van der Waals surface area contributed by atoms with Crippen LogP contribution in [0.1, 0.15) is 41.6 Å². The highest BCUT2D eigenvalue weighted by Gasteiger charge is 2.12. The summed E-state index contributed by atoms with van der Waals surface area (Å²) in [7, 11) is 0. The first-order valence-electron chi connectivity index (χ1n) is 8.53. The number of hydrogen-bond donors (Lipinski definition) is 1. The molecule has 1 aromatic carbocycles. The van der Waals surface area contributed by atoms with E-state index in [1.165, 1.54) is 6.07 Å². The van der Waals surface area contributed by atoms with Gasteiger partial charge < -0.3 is 14.6 Å². The molecule has 0 unspecified atom stereocenters. The van der Waals surface area contributed by atoms with Gasteiger partial charge in [-0.15, -0.1) is 4.57 Å². The van der Waals surface area contributed by atoms with Gasteiger partial charge in [-0.1, -0.05) is 13.0 Å². The molecule has 3 rings (SSSR count). The Morgan fingerprint density at radius 2 is 2.07 bits per heavy atom. The van der Waals surface area contributed by atoms with Crippen molar-refractivity contribution < 1.29 is 18.8 Å². The highest BCUT2D eigenvalue weighted by atomic mass is 16.5. The van der Waals surface area contributed by atoms with E-state index >= 15 is 0 Å². The molecule has 8 nitrogen and oxygen atoms in total. The number of nitrogens with one attached hydrogen (secondary N) is 1. The quantitative estimate of drug-likeness (QED) is 0.670. The third-order valence-corrected chi connectivity index (χ3v) is 3.73. The first-order chi connectivity index (χ1) is 13.0. The van der Waals surface area contributed by atoms with Crippen molar-refractivity contribution in [2.75, 3.05) is 5.32 Å². The van der Waals surface area contributed by atoms with Crippen LogP contribution in [0.15, 0.2) is 45.7 Å². The Kier molecular flexibility index (Phi) is 5.35. The summed E-state index contributed by atoms with van der Waals surface area (Å²) in [6.45, 7) is 3.47. The third-order valence-electron chi connectivity index (χ3n) is 3.73. The molecule has 8 heteroatoms. The van der Waals surface area contributed by atoms with Crippen molar-refractivity contribution in [3.05, 3.63) is 63.8 Å². The van der Waals surface area contributed by atoms with Crippen LogP contribution >= 0.6 is 0 Å². The Balaban J connectivity index is 1.69. The lowest BCUT2D eigenvalue weighted by atomic mass is 10.2. The van der Waals surface area contributed by atoms with Gasteiger partial charge in [0, 0.05) is 24.2 Å². The average molecular weight is 369 g/mol. The van der Waals surface area contributed by atoms with Crippen molar-refractivity contribution >= 4 is 23.2 Å². The molecule has 2 heterocycles. The van der Waals surface area contributed by atoms with Gasteiger partial charge in [0.05, 0.1) is 11.3 Å². The van der Waals surface area contributed by atoms with Crippen LogP contribution in [0.5, 0.6) is 0 Å². The van der Waals surface area contributed by atoms with Gasteiger partial charge in [-0.3, -0.25) is 9.59 Å². The number of hydrogen-bond acceptors (Lipinski definition) is 6. The van der Waals surface area contributed by atoms with Crippen molar-refractivity contribution in [1.29, 1.82) is 0 Å². The first kappa shape index (κ1) is 18.4. The van der Waals surface area contributed by atoms with Crippen LogP contribution in [0, 0.1) is 6.92 Å². The molecular weight excluding hydrogens is 350 g/mol. The number of carbonyl (C=O) groups excluding carboxylic acids is 2.